The zero-order valence-electron chi connectivity index (χ0n) is 54.8. The molecule has 8 atom stereocenters. The molecule has 0 spiro atoms. The molecule has 0 aromatic carbocycles. The summed E-state index contributed by atoms with van der Waals surface area (Å²) < 4.78 is 17.7. The van der Waals surface area contributed by atoms with Gasteiger partial charge in [0.2, 0.25) is 5.91 Å². The summed E-state index contributed by atoms with van der Waals surface area (Å²) in [6.07, 6.45) is 65.8. The average molecular weight is 1190 g/mol. The number of unbranched alkanes of at least 4 members (excludes halogenated alkanes) is 42. The Morgan fingerprint density at radius 2 is 0.821 bits per heavy atom. The molecule has 84 heavy (non-hydrogen) atoms. The second-order valence-electron chi connectivity index (χ2n) is 25.0. The van der Waals surface area contributed by atoms with Crippen molar-refractivity contribution in [3.8, 4) is 0 Å². The molecule has 1 rings (SSSR count). The molecule has 492 valence electrons. The Bertz CT molecular complexity index is 1550. The topological polar surface area (TPSA) is 175 Å². The lowest BCUT2D eigenvalue weighted by Gasteiger charge is -2.41. The van der Waals surface area contributed by atoms with E-state index >= 15 is 0 Å². The maximum Gasteiger partial charge on any atom is 0.306 e. The molecule has 0 saturated carbocycles. The number of carbonyl (C=O) groups is 2. The second kappa shape index (κ2) is 60.9. The zero-order chi connectivity index (χ0) is 61.0. The van der Waals surface area contributed by atoms with Gasteiger partial charge in [0, 0.05) is 6.42 Å². The van der Waals surface area contributed by atoms with Gasteiger partial charge >= 0.3 is 5.97 Å². The predicted octanol–water partition coefficient (Wildman–Crippen LogP) is 18.3. The van der Waals surface area contributed by atoms with E-state index in [1.165, 1.54) is 212 Å². The molecule has 11 heteroatoms. The van der Waals surface area contributed by atoms with Crippen LogP contribution >= 0.6 is 0 Å². The Labute approximate surface area is 516 Å². The fourth-order valence-corrected chi connectivity index (χ4v) is 11.3. The Balaban J connectivity index is 2.57. The van der Waals surface area contributed by atoms with Gasteiger partial charge in [-0.2, -0.15) is 0 Å². The number of nitrogens with one attached hydrogen (secondary N) is 1. The predicted molar refractivity (Wildman–Crippen MR) is 352 cm³/mol. The summed E-state index contributed by atoms with van der Waals surface area (Å²) in [5.74, 6) is -1.19. The first-order valence-corrected chi connectivity index (χ1v) is 35.9. The lowest BCUT2D eigenvalue weighted by molar-refractivity contribution is -0.305. The van der Waals surface area contributed by atoms with Gasteiger partial charge in [-0.3, -0.25) is 9.59 Å². The minimum Gasteiger partial charge on any atom is -0.454 e. The summed E-state index contributed by atoms with van der Waals surface area (Å²) >= 11 is 0. The second-order valence-corrected chi connectivity index (χ2v) is 25.0. The summed E-state index contributed by atoms with van der Waals surface area (Å²) in [6.45, 7) is 5.81. The van der Waals surface area contributed by atoms with Crippen molar-refractivity contribution in [3.05, 3.63) is 48.6 Å². The average Bonchev–Trinajstić information content (AvgIpc) is 3.69. The highest BCUT2D eigenvalue weighted by Crippen LogP contribution is 2.26. The zero-order valence-corrected chi connectivity index (χ0v) is 54.8. The number of esters is 1. The van der Waals surface area contributed by atoms with Gasteiger partial charge in [-0.1, -0.05) is 320 Å². The fourth-order valence-electron chi connectivity index (χ4n) is 11.3. The SMILES string of the molecule is CCCCC/C=C\C/C=C\C/C=C\CCCCCCCCCCC(=O)OC1C(OCC(NC(=O)C(O)CCCCCCCCCCCCCCCCCCCCCCCC)C(O)/C=C/CCCCCCCCCCCC)OC(CO)C(O)C1O. The molecule has 6 N–H and O–H groups in total. The molecule has 0 aliphatic carbocycles. The number of carbonyl (C=O) groups excluding carboxylic acids is 2. The van der Waals surface area contributed by atoms with Crippen molar-refractivity contribution in [1.29, 1.82) is 0 Å². The third-order valence-corrected chi connectivity index (χ3v) is 17.0. The molecule has 0 bridgehead atoms. The highest BCUT2D eigenvalue weighted by atomic mass is 16.7. The Morgan fingerprint density at radius 1 is 0.464 bits per heavy atom. The van der Waals surface area contributed by atoms with Gasteiger partial charge in [-0.25, -0.2) is 0 Å². The highest BCUT2D eigenvalue weighted by molar-refractivity contribution is 5.80. The van der Waals surface area contributed by atoms with Crippen molar-refractivity contribution in [2.45, 2.75) is 391 Å². The number of amides is 1. The van der Waals surface area contributed by atoms with Crippen LogP contribution in [0.2, 0.25) is 0 Å². The molecule has 0 radical (unpaired) electrons. The van der Waals surface area contributed by atoms with E-state index in [-0.39, 0.29) is 13.0 Å². The van der Waals surface area contributed by atoms with E-state index in [0.29, 0.717) is 19.3 Å². The van der Waals surface area contributed by atoms with Crippen LogP contribution in [0.15, 0.2) is 48.6 Å². The molecular formula is C73H135NO10. The van der Waals surface area contributed by atoms with Crippen LogP contribution in [-0.4, -0.2) is 99.6 Å². The lowest BCUT2D eigenvalue weighted by atomic mass is 9.99. The van der Waals surface area contributed by atoms with Gasteiger partial charge in [-0.15, -0.1) is 0 Å². The van der Waals surface area contributed by atoms with E-state index in [2.05, 4.69) is 62.5 Å². The van der Waals surface area contributed by atoms with Crippen LogP contribution in [0, 0.1) is 0 Å². The molecule has 1 saturated heterocycles. The molecule has 1 amide bonds. The van der Waals surface area contributed by atoms with E-state index < -0.39 is 67.4 Å². The van der Waals surface area contributed by atoms with Gasteiger partial charge < -0.3 is 45.1 Å². The van der Waals surface area contributed by atoms with Crippen molar-refractivity contribution < 1.29 is 49.3 Å². The summed E-state index contributed by atoms with van der Waals surface area (Å²) in [4.78, 5) is 26.7. The number of ether oxygens (including phenoxy) is 3. The standard InChI is InChI=1S/C73H135NO10/c1-4-7-10-13-16-19-22-25-27-29-31-33-35-36-38-40-42-45-48-51-54-57-60-66(77)72(81)74-64(65(76)59-56-53-50-47-44-24-21-18-15-12-9-6-3)63-82-73-71(70(80)69(79)67(62-75)83-73)84-68(78)61-58-55-52-49-46-43-41-39-37-34-32-30-28-26-23-20-17-14-11-8-5-2/h17,20,26,28,32,34,56,59,64-67,69-71,73,75-77,79-80H,4-16,18-19,21-25,27,29-31,33,35-55,57-58,60-63H2,1-3H3,(H,74,81)/b20-17-,28-26-,34-32-,59-56+. The molecule has 1 aliphatic rings. The Kier molecular flexibility index (Phi) is 57.7. The quantitative estimate of drug-likeness (QED) is 0.0195. The van der Waals surface area contributed by atoms with Crippen LogP contribution in [-0.2, 0) is 23.8 Å². The first kappa shape index (κ1) is 79.6. The molecule has 0 aromatic heterocycles. The van der Waals surface area contributed by atoms with Crippen LogP contribution in [0.5, 0.6) is 0 Å². The van der Waals surface area contributed by atoms with Crippen LogP contribution < -0.4 is 5.32 Å². The van der Waals surface area contributed by atoms with Crippen LogP contribution in [0.3, 0.4) is 0 Å². The molecule has 1 aliphatic heterocycles. The highest BCUT2D eigenvalue weighted by Gasteiger charge is 2.47. The summed E-state index contributed by atoms with van der Waals surface area (Å²) in [6, 6.07) is -1.02. The van der Waals surface area contributed by atoms with Gasteiger partial charge in [0.1, 0.15) is 24.4 Å². The maximum absolute atomic E-state index is 13.5. The summed E-state index contributed by atoms with van der Waals surface area (Å²) in [5, 5.41) is 57.2. The minimum atomic E-state index is -1.62. The van der Waals surface area contributed by atoms with E-state index in [9.17, 15) is 35.1 Å². The fraction of sp³-hybridized carbons (Fsp3) is 0.863. The molecule has 1 heterocycles. The normalized spacial score (nSPS) is 18.7. The minimum absolute atomic E-state index is 0.117. The van der Waals surface area contributed by atoms with Gasteiger partial charge in [-0.05, 0) is 64.2 Å². The van der Waals surface area contributed by atoms with Crippen molar-refractivity contribution in [2.75, 3.05) is 13.2 Å². The maximum atomic E-state index is 13.5. The number of aliphatic hydroxyl groups is 5. The first-order valence-electron chi connectivity index (χ1n) is 35.9. The lowest BCUT2D eigenvalue weighted by Crippen LogP contribution is -2.61. The van der Waals surface area contributed by atoms with Crippen molar-refractivity contribution in [2.24, 2.45) is 0 Å². The van der Waals surface area contributed by atoms with Gasteiger partial charge in [0.15, 0.2) is 12.4 Å². The van der Waals surface area contributed by atoms with Gasteiger partial charge in [0.25, 0.3) is 0 Å². The summed E-state index contributed by atoms with van der Waals surface area (Å²) in [5.41, 5.74) is 0. The van der Waals surface area contributed by atoms with Gasteiger partial charge in [0.05, 0.1) is 25.4 Å². The number of aliphatic hydroxyl groups excluding tert-OH is 5. The van der Waals surface area contributed by atoms with Crippen LogP contribution in [0.25, 0.3) is 0 Å². The third kappa shape index (κ3) is 47.7. The van der Waals surface area contributed by atoms with Crippen molar-refractivity contribution in [3.63, 3.8) is 0 Å². The molecule has 1 fully saturated rings. The molecule has 0 aromatic rings. The van der Waals surface area contributed by atoms with E-state index in [1.807, 2.05) is 6.08 Å². The Morgan fingerprint density at radius 3 is 1.25 bits per heavy atom. The third-order valence-electron chi connectivity index (χ3n) is 17.0. The van der Waals surface area contributed by atoms with Crippen molar-refractivity contribution >= 4 is 11.9 Å². The van der Waals surface area contributed by atoms with E-state index in [4.69, 9.17) is 14.2 Å². The largest absolute Gasteiger partial charge is 0.454 e. The number of hydrogen-bond donors (Lipinski definition) is 6. The van der Waals surface area contributed by atoms with Crippen molar-refractivity contribution in [1.82, 2.24) is 5.32 Å². The molecule has 11 nitrogen and oxygen atoms in total. The number of rotatable bonds is 62. The first-order chi connectivity index (χ1) is 41.2. The number of allylic oxidation sites excluding steroid dienone is 7. The van der Waals surface area contributed by atoms with Crippen LogP contribution in [0.1, 0.15) is 342 Å². The van der Waals surface area contributed by atoms with E-state index in [0.717, 1.165) is 83.5 Å². The van der Waals surface area contributed by atoms with Crippen LogP contribution in [0.4, 0.5) is 0 Å². The molecular weight excluding hydrogens is 1050 g/mol. The monoisotopic (exact) mass is 1190 g/mol. The van der Waals surface area contributed by atoms with E-state index in [1.54, 1.807) is 6.08 Å². The smallest absolute Gasteiger partial charge is 0.306 e. The molecule has 8 unspecified atom stereocenters. The number of hydrogen-bond acceptors (Lipinski definition) is 10. The Hall–Kier alpha value is -2.38. The summed E-state index contributed by atoms with van der Waals surface area (Å²) in [7, 11) is 0.